The van der Waals surface area contributed by atoms with Crippen LogP contribution in [0.5, 0.6) is 0 Å². The van der Waals surface area contributed by atoms with Gasteiger partial charge in [0.2, 0.25) is 0 Å². The van der Waals surface area contributed by atoms with Crippen LogP contribution in [0.3, 0.4) is 0 Å². The average molecular weight is 177 g/mol. The molecule has 1 aromatic carbocycles. The Morgan fingerprint density at radius 3 is 2.38 bits per heavy atom. The number of rotatable bonds is 4. The maximum absolute atomic E-state index is 3.18. The minimum Gasteiger partial charge on any atom is -0.320 e. The molecule has 72 valence electrons. The predicted molar refractivity (Wildman–Crippen MR) is 58.1 cm³/mol. The van der Waals surface area contributed by atoms with Gasteiger partial charge >= 0.3 is 0 Å². The molecular weight excluding hydrogens is 158 g/mol. The molecule has 0 saturated carbocycles. The van der Waals surface area contributed by atoms with Crippen molar-refractivity contribution in [1.82, 2.24) is 5.32 Å². The summed E-state index contributed by atoms with van der Waals surface area (Å²) in [5.41, 5.74) is 2.78. The molecule has 13 heavy (non-hydrogen) atoms. The van der Waals surface area contributed by atoms with Crippen LogP contribution in [0.4, 0.5) is 0 Å². The summed E-state index contributed by atoms with van der Waals surface area (Å²) in [5, 5.41) is 3.18. The van der Waals surface area contributed by atoms with Crippen molar-refractivity contribution in [2.24, 2.45) is 0 Å². The summed E-state index contributed by atoms with van der Waals surface area (Å²) in [5.74, 6) is 0.660. The fraction of sp³-hybridized carbons (Fsp3) is 0.500. The molecule has 0 saturated heterocycles. The van der Waals surface area contributed by atoms with Crippen molar-refractivity contribution in [1.29, 1.82) is 0 Å². The molecule has 1 atom stereocenters. The fourth-order valence-corrected chi connectivity index (χ4v) is 1.42. The molecule has 1 nitrogen and oxygen atoms in total. The second-order valence-corrected chi connectivity index (χ2v) is 3.70. The van der Waals surface area contributed by atoms with Crippen LogP contribution in [0.25, 0.3) is 0 Å². The van der Waals surface area contributed by atoms with E-state index >= 15 is 0 Å². The second kappa shape index (κ2) is 5.03. The Morgan fingerprint density at radius 1 is 1.23 bits per heavy atom. The van der Waals surface area contributed by atoms with Gasteiger partial charge in [-0.1, -0.05) is 36.8 Å². The SMILES string of the molecule is CNCCC(C)c1ccc(C)cc1. The van der Waals surface area contributed by atoms with Gasteiger partial charge in [0.25, 0.3) is 0 Å². The zero-order chi connectivity index (χ0) is 9.68. The smallest absolute Gasteiger partial charge is 0.00462 e. The molecule has 0 heterocycles. The van der Waals surface area contributed by atoms with Crippen molar-refractivity contribution in [3.8, 4) is 0 Å². The van der Waals surface area contributed by atoms with Crippen LogP contribution in [0, 0.1) is 6.92 Å². The summed E-state index contributed by atoms with van der Waals surface area (Å²) in [6.45, 7) is 5.50. The first-order chi connectivity index (χ1) is 6.24. The third-order valence-electron chi connectivity index (χ3n) is 2.47. The molecule has 1 N–H and O–H groups in total. The molecule has 0 aliphatic heterocycles. The third kappa shape index (κ3) is 3.19. The molecule has 0 bridgehead atoms. The Morgan fingerprint density at radius 2 is 1.85 bits per heavy atom. The molecule has 1 rings (SSSR count). The standard InChI is InChI=1S/C12H19N/c1-10-4-6-12(7-5-10)11(2)8-9-13-3/h4-7,11,13H,8-9H2,1-3H3. The van der Waals surface area contributed by atoms with Gasteiger partial charge in [0.05, 0.1) is 0 Å². The zero-order valence-electron chi connectivity index (χ0n) is 8.80. The van der Waals surface area contributed by atoms with Gasteiger partial charge in [-0.3, -0.25) is 0 Å². The van der Waals surface area contributed by atoms with Crippen LogP contribution in [-0.4, -0.2) is 13.6 Å². The van der Waals surface area contributed by atoms with Gasteiger partial charge in [0, 0.05) is 0 Å². The van der Waals surface area contributed by atoms with E-state index in [4.69, 9.17) is 0 Å². The molecule has 0 amide bonds. The molecule has 0 aromatic heterocycles. The van der Waals surface area contributed by atoms with Gasteiger partial charge in [-0.15, -0.1) is 0 Å². The van der Waals surface area contributed by atoms with Crippen LogP contribution in [-0.2, 0) is 0 Å². The van der Waals surface area contributed by atoms with E-state index in [9.17, 15) is 0 Å². The van der Waals surface area contributed by atoms with Crippen molar-refractivity contribution in [3.63, 3.8) is 0 Å². The van der Waals surface area contributed by atoms with Crippen molar-refractivity contribution < 1.29 is 0 Å². The Hall–Kier alpha value is -0.820. The van der Waals surface area contributed by atoms with Crippen molar-refractivity contribution in [2.45, 2.75) is 26.2 Å². The summed E-state index contributed by atoms with van der Waals surface area (Å²) in [7, 11) is 2.00. The van der Waals surface area contributed by atoms with E-state index in [1.165, 1.54) is 17.5 Å². The molecule has 0 radical (unpaired) electrons. The van der Waals surface area contributed by atoms with Gasteiger partial charge in [-0.2, -0.15) is 0 Å². The maximum atomic E-state index is 3.18. The minimum absolute atomic E-state index is 0.660. The summed E-state index contributed by atoms with van der Waals surface area (Å²) in [4.78, 5) is 0. The summed E-state index contributed by atoms with van der Waals surface area (Å²) < 4.78 is 0. The molecular formula is C12H19N. The highest BCUT2D eigenvalue weighted by atomic mass is 14.8. The van der Waals surface area contributed by atoms with Crippen LogP contribution < -0.4 is 5.32 Å². The number of nitrogens with one attached hydrogen (secondary N) is 1. The lowest BCUT2D eigenvalue weighted by atomic mass is 9.97. The average Bonchev–Trinajstić information content (AvgIpc) is 2.15. The molecule has 1 unspecified atom stereocenters. The third-order valence-corrected chi connectivity index (χ3v) is 2.47. The van der Waals surface area contributed by atoms with E-state index in [1.54, 1.807) is 0 Å². The lowest BCUT2D eigenvalue weighted by Crippen LogP contribution is -2.10. The maximum Gasteiger partial charge on any atom is -0.00462 e. The quantitative estimate of drug-likeness (QED) is 0.745. The van der Waals surface area contributed by atoms with Crippen molar-refractivity contribution in [2.75, 3.05) is 13.6 Å². The highest BCUT2D eigenvalue weighted by Gasteiger charge is 2.03. The lowest BCUT2D eigenvalue weighted by molar-refractivity contribution is 0.636. The van der Waals surface area contributed by atoms with Crippen LogP contribution >= 0.6 is 0 Å². The first-order valence-corrected chi connectivity index (χ1v) is 4.95. The lowest BCUT2D eigenvalue weighted by Gasteiger charge is -2.11. The topological polar surface area (TPSA) is 12.0 Å². The Labute approximate surface area is 81.2 Å². The Kier molecular flexibility index (Phi) is 3.97. The van der Waals surface area contributed by atoms with Gasteiger partial charge < -0.3 is 5.32 Å². The van der Waals surface area contributed by atoms with Gasteiger partial charge in [-0.25, -0.2) is 0 Å². The minimum atomic E-state index is 0.660. The van der Waals surface area contributed by atoms with E-state index in [0.29, 0.717) is 5.92 Å². The highest BCUT2D eigenvalue weighted by molar-refractivity contribution is 5.23. The summed E-state index contributed by atoms with van der Waals surface area (Å²) in [6, 6.07) is 8.84. The van der Waals surface area contributed by atoms with Gasteiger partial charge in [-0.05, 0) is 38.4 Å². The van der Waals surface area contributed by atoms with E-state index in [2.05, 4.69) is 43.4 Å². The molecule has 0 aliphatic carbocycles. The van der Waals surface area contributed by atoms with Crippen LogP contribution in [0.2, 0.25) is 0 Å². The Balaban J connectivity index is 2.55. The summed E-state index contributed by atoms with van der Waals surface area (Å²) in [6.07, 6.45) is 1.21. The predicted octanol–water partition coefficient (Wildman–Crippen LogP) is 2.71. The highest BCUT2D eigenvalue weighted by Crippen LogP contribution is 2.18. The largest absolute Gasteiger partial charge is 0.320 e. The first-order valence-electron chi connectivity index (χ1n) is 4.95. The molecule has 0 spiro atoms. The number of aryl methyl sites for hydroxylation is 1. The van der Waals surface area contributed by atoms with Crippen LogP contribution in [0.1, 0.15) is 30.4 Å². The second-order valence-electron chi connectivity index (χ2n) is 3.70. The number of benzene rings is 1. The van der Waals surface area contributed by atoms with Gasteiger partial charge in [0.15, 0.2) is 0 Å². The number of hydrogen-bond acceptors (Lipinski definition) is 1. The number of hydrogen-bond donors (Lipinski definition) is 1. The van der Waals surface area contributed by atoms with Crippen molar-refractivity contribution in [3.05, 3.63) is 35.4 Å². The van der Waals surface area contributed by atoms with E-state index in [-0.39, 0.29) is 0 Å². The van der Waals surface area contributed by atoms with Gasteiger partial charge in [0.1, 0.15) is 0 Å². The molecule has 0 aliphatic rings. The van der Waals surface area contributed by atoms with Crippen molar-refractivity contribution >= 4 is 0 Å². The van der Waals surface area contributed by atoms with Crippen LogP contribution in [0.15, 0.2) is 24.3 Å². The normalized spacial score (nSPS) is 12.8. The van der Waals surface area contributed by atoms with E-state index in [0.717, 1.165) is 6.54 Å². The molecule has 1 heteroatoms. The summed E-state index contributed by atoms with van der Waals surface area (Å²) >= 11 is 0. The first kappa shape index (κ1) is 10.3. The van der Waals surface area contributed by atoms with E-state index in [1.807, 2.05) is 7.05 Å². The fourth-order valence-electron chi connectivity index (χ4n) is 1.42. The molecule has 0 fully saturated rings. The monoisotopic (exact) mass is 177 g/mol. The molecule has 1 aromatic rings. The van der Waals surface area contributed by atoms with E-state index < -0.39 is 0 Å². The Bertz CT molecular complexity index is 238. The zero-order valence-corrected chi connectivity index (χ0v) is 8.80.